The van der Waals surface area contributed by atoms with Gasteiger partial charge in [-0.2, -0.15) is 0 Å². The minimum Gasteiger partial charge on any atom is -0.356 e. The lowest BCUT2D eigenvalue weighted by Crippen LogP contribution is -2.15. The highest BCUT2D eigenvalue weighted by atomic mass is 16.7. The van der Waals surface area contributed by atoms with Crippen LogP contribution in [0, 0.1) is 0 Å². The Balaban J connectivity index is 3.57. The summed E-state index contributed by atoms with van der Waals surface area (Å²) in [5.41, 5.74) is 0. The first-order valence-corrected chi connectivity index (χ1v) is 4.67. The van der Waals surface area contributed by atoms with E-state index in [-0.39, 0.29) is 17.9 Å². The van der Waals surface area contributed by atoms with Gasteiger partial charge in [-0.1, -0.05) is 0 Å². The first-order chi connectivity index (χ1) is 6.60. The summed E-state index contributed by atoms with van der Waals surface area (Å²) < 4.78 is 9.87. The normalized spacial score (nSPS) is 10.6. The highest BCUT2D eigenvalue weighted by Gasteiger charge is 2.09. The Morgan fingerprint density at radius 3 is 2.07 bits per heavy atom. The number of ether oxygens (including phenoxy) is 2. The molecule has 0 spiro atoms. The average molecular weight is 202 g/mol. The molecule has 0 aromatic heterocycles. The highest BCUT2D eigenvalue weighted by molar-refractivity contribution is 5.84. The predicted molar refractivity (Wildman–Crippen MR) is 52.0 cm³/mol. The fourth-order valence-electron chi connectivity index (χ4n) is 1.05. The van der Waals surface area contributed by atoms with Crippen LogP contribution < -0.4 is 0 Å². The van der Waals surface area contributed by atoms with Crippen LogP contribution in [0.5, 0.6) is 0 Å². The van der Waals surface area contributed by atoms with Crippen LogP contribution in [-0.4, -0.2) is 32.1 Å². The maximum atomic E-state index is 11.2. The number of methoxy groups -OCH3 is 2. The van der Waals surface area contributed by atoms with Gasteiger partial charge >= 0.3 is 0 Å². The number of hydrogen-bond acceptors (Lipinski definition) is 4. The zero-order chi connectivity index (χ0) is 11.0. The molecule has 0 saturated heterocycles. The van der Waals surface area contributed by atoms with Crippen LogP contribution in [0.2, 0.25) is 0 Å². The number of hydrogen-bond donors (Lipinski definition) is 0. The monoisotopic (exact) mass is 202 g/mol. The fourth-order valence-corrected chi connectivity index (χ4v) is 1.05. The van der Waals surface area contributed by atoms with Crippen molar-refractivity contribution in [2.75, 3.05) is 14.2 Å². The maximum absolute atomic E-state index is 11.2. The Morgan fingerprint density at radius 2 is 1.64 bits per heavy atom. The standard InChI is InChI=1S/C10H18O4/c1-8(11)4-5-9(12)6-7-10(13-2)14-3/h10H,4-7H2,1-3H3. The molecule has 0 fully saturated rings. The lowest BCUT2D eigenvalue weighted by atomic mass is 10.1. The van der Waals surface area contributed by atoms with Crippen LogP contribution in [0.3, 0.4) is 0 Å². The van der Waals surface area contributed by atoms with E-state index in [9.17, 15) is 9.59 Å². The summed E-state index contributed by atoms with van der Waals surface area (Å²) in [6, 6.07) is 0. The first kappa shape index (κ1) is 13.3. The molecule has 4 heteroatoms. The third-order valence-corrected chi connectivity index (χ3v) is 1.94. The molecule has 82 valence electrons. The number of ketones is 2. The second-order valence-electron chi connectivity index (χ2n) is 3.18. The molecule has 4 nitrogen and oxygen atoms in total. The Hall–Kier alpha value is -0.740. The van der Waals surface area contributed by atoms with E-state index in [1.165, 1.54) is 21.1 Å². The van der Waals surface area contributed by atoms with Crippen molar-refractivity contribution in [3.05, 3.63) is 0 Å². The quantitative estimate of drug-likeness (QED) is 0.557. The van der Waals surface area contributed by atoms with E-state index in [0.29, 0.717) is 25.7 Å². The van der Waals surface area contributed by atoms with E-state index >= 15 is 0 Å². The third kappa shape index (κ3) is 6.74. The molecule has 0 aliphatic rings. The zero-order valence-electron chi connectivity index (χ0n) is 9.04. The smallest absolute Gasteiger partial charge is 0.157 e. The van der Waals surface area contributed by atoms with Gasteiger partial charge in [0.1, 0.15) is 11.6 Å². The van der Waals surface area contributed by atoms with Gasteiger partial charge in [-0.05, 0) is 6.92 Å². The molecule has 0 N–H and O–H groups in total. The van der Waals surface area contributed by atoms with Crippen LogP contribution in [0.1, 0.15) is 32.6 Å². The average Bonchev–Trinajstić information content (AvgIpc) is 2.16. The van der Waals surface area contributed by atoms with Gasteiger partial charge in [0, 0.05) is 39.9 Å². The van der Waals surface area contributed by atoms with Crippen molar-refractivity contribution in [1.82, 2.24) is 0 Å². The Kier molecular flexibility index (Phi) is 7.24. The van der Waals surface area contributed by atoms with Crippen molar-refractivity contribution < 1.29 is 19.1 Å². The van der Waals surface area contributed by atoms with Gasteiger partial charge in [-0.15, -0.1) is 0 Å². The van der Waals surface area contributed by atoms with Gasteiger partial charge in [0.25, 0.3) is 0 Å². The summed E-state index contributed by atoms with van der Waals surface area (Å²) in [7, 11) is 3.07. The Labute approximate surface area is 84.6 Å². The van der Waals surface area contributed by atoms with Crippen LogP contribution >= 0.6 is 0 Å². The molecule has 14 heavy (non-hydrogen) atoms. The molecule has 0 heterocycles. The summed E-state index contributed by atoms with van der Waals surface area (Å²) in [6.45, 7) is 1.49. The molecule has 0 atom stereocenters. The molecule has 0 aromatic rings. The summed E-state index contributed by atoms with van der Waals surface area (Å²) in [5.74, 6) is 0.132. The van der Waals surface area contributed by atoms with Gasteiger partial charge < -0.3 is 14.3 Å². The molecule has 0 radical (unpaired) electrons. The summed E-state index contributed by atoms with van der Waals surface area (Å²) in [6.07, 6.45) is 1.29. The van der Waals surface area contributed by atoms with Crippen molar-refractivity contribution in [2.24, 2.45) is 0 Å². The van der Waals surface area contributed by atoms with Crippen LogP contribution in [0.25, 0.3) is 0 Å². The van der Waals surface area contributed by atoms with Gasteiger partial charge in [-0.3, -0.25) is 4.79 Å². The van der Waals surface area contributed by atoms with E-state index < -0.39 is 0 Å². The molecular formula is C10H18O4. The second-order valence-corrected chi connectivity index (χ2v) is 3.18. The highest BCUT2D eigenvalue weighted by Crippen LogP contribution is 2.05. The first-order valence-electron chi connectivity index (χ1n) is 4.67. The minimum atomic E-state index is -0.323. The maximum Gasteiger partial charge on any atom is 0.157 e. The van der Waals surface area contributed by atoms with Gasteiger partial charge in [0.05, 0.1) is 0 Å². The van der Waals surface area contributed by atoms with Gasteiger partial charge in [-0.25, -0.2) is 0 Å². The summed E-state index contributed by atoms with van der Waals surface area (Å²) in [4.78, 5) is 21.8. The van der Waals surface area contributed by atoms with Crippen LogP contribution in [0.4, 0.5) is 0 Å². The van der Waals surface area contributed by atoms with Gasteiger partial charge in [0.2, 0.25) is 0 Å². The molecule has 0 amide bonds. The molecule has 0 unspecified atom stereocenters. The molecular weight excluding hydrogens is 184 g/mol. The second kappa shape index (κ2) is 7.64. The lowest BCUT2D eigenvalue weighted by Gasteiger charge is -2.11. The predicted octanol–water partition coefficient (Wildman–Crippen LogP) is 1.32. The van der Waals surface area contributed by atoms with E-state index in [2.05, 4.69) is 0 Å². The van der Waals surface area contributed by atoms with Crippen molar-refractivity contribution in [3.8, 4) is 0 Å². The zero-order valence-corrected chi connectivity index (χ0v) is 9.04. The summed E-state index contributed by atoms with van der Waals surface area (Å²) in [5, 5.41) is 0. The van der Waals surface area contributed by atoms with Crippen molar-refractivity contribution >= 4 is 11.6 Å². The molecule has 0 aliphatic carbocycles. The summed E-state index contributed by atoms with van der Waals surface area (Å²) >= 11 is 0. The van der Waals surface area contributed by atoms with E-state index in [1.54, 1.807) is 0 Å². The minimum absolute atomic E-state index is 0.0494. The number of rotatable bonds is 8. The van der Waals surface area contributed by atoms with Crippen LogP contribution in [-0.2, 0) is 19.1 Å². The van der Waals surface area contributed by atoms with E-state index in [1.807, 2.05) is 0 Å². The number of carbonyl (C=O) groups excluding carboxylic acids is 2. The molecule has 0 bridgehead atoms. The third-order valence-electron chi connectivity index (χ3n) is 1.94. The fraction of sp³-hybridized carbons (Fsp3) is 0.800. The van der Waals surface area contributed by atoms with Crippen LogP contribution in [0.15, 0.2) is 0 Å². The van der Waals surface area contributed by atoms with E-state index in [4.69, 9.17) is 9.47 Å². The number of Topliss-reactive ketones (excluding diaryl/α,β-unsaturated/α-hetero) is 2. The Bertz CT molecular complexity index is 185. The van der Waals surface area contributed by atoms with E-state index in [0.717, 1.165) is 0 Å². The Morgan fingerprint density at radius 1 is 1.07 bits per heavy atom. The van der Waals surface area contributed by atoms with Gasteiger partial charge in [0.15, 0.2) is 6.29 Å². The SMILES string of the molecule is COC(CCC(=O)CCC(C)=O)OC. The lowest BCUT2D eigenvalue weighted by molar-refractivity contribution is -0.128. The molecule has 0 aliphatic heterocycles. The van der Waals surface area contributed by atoms with Crippen molar-refractivity contribution in [3.63, 3.8) is 0 Å². The van der Waals surface area contributed by atoms with Crippen molar-refractivity contribution in [2.45, 2.75) is 38.9 Å². The number of carbonyl (C=O) groups is 2. The largest absolute Gasteiger partial charge is 0.356 e. The molecule has 0 aromatic carbocycles. The molecule has 0 rings (SSSR count). The topological polar surface area (TPSA) is 52.6 Å². The molecule has 0 saturated carbocycles. The van der Waals surface area contributed by atoms with Crippen molar-refractivity contribution in [1.29, 1.82) is 0 Å².